The first kappa shape index (κ1) is 12.2. The zero-order valence-electron chi connectivity index (χ0n) is 9.36. The summed E-state index contributed by atoms with van der Waals surface area (Å²) in [6.45, 7) is 2.83. The zero-order chi connectivity index (χ0) is 12.3. The molecule has 0 saturated carbocycles. The molecule has 1 aromatic carbocycles. The van der Waals surface area contributed by atoms with Gasteiger partial charge in [0.25, 0.3) is 0 Å². The predicted octanol–water partition coefficient (Wildman–Crippen LogP) is 2.26. The highest BCUT2D eigenvalue weighted by Gasteiger charge is 2.19. The Morgan fingerprint density at radius 3 is 2.94 bits per heavy atom. The van der Waals surface area contributed by atoms with Gasteiger partial charge in [-0.25, -0.2) is 4.79 Å². The van der Waals surface area contributed by atoms with Crippen LogP contribution in [0.2, 0.25) is 5.02 Å². The van der Waals surface area contributed by atoms with E-state index >= 15 is 0 Å². The summed E-state index contributed by atoms with van der Waals surface area (Å²) in [5, 5.41) is 9.48. The first-order chi connectivity index (χ1) is 8.20. The molecule has 0 aliphatic carbocycles. The summed E-state index contributed by atoms with van der Waals surface area (Å²) >= 11 is 5.95. The maximum atomic E-state index is 11.2. The Balaban J connectivity index is 2.36. The van der Waals surface area contributed by atoms with Gasteiger partial charge < -0.3 is 14.7 Å². The largest absolute Gasteiger partial charge is 0.478 e. The van der Waals surface area contributed by atoms with Gasteiger partial charge in [0.05, 0.1) is 17.3 Å². The van der Waals surface area contributed by atoms with E-state index in [9.17, 15) is 9.90 Å². The molecular weight excluding hydrogens is 242 g/mol. The molecule has 1 saturated heterocycles. The number of benzene rings is 1. The summed E-state index contributed by atoms with van der Waals surface area (Å²) in [7, 11) is 0. The van der Waals surface area contributed by atoms with Gasteiger partial charge in [-0.1, -0.05) is 17.7 Å². The van der Waals surface area contributed by atoms with Crippen LogP contribution < -0.4 is 4.90 Å². The number of ether oxygens (including phenoxy) is 1. The van der Waals surface area contributed by atoms with E-state index in [2.05, 4.69) is 0 Å². The fourth-order valence-electron chi connectivity index (χ4n) is 1.97. The Morgan fingerprint density at radius 2 is 2.18 bits per heavy atom. The molecule has 0 amide bonds. The van der Waals surface area contributed by atoms with E-state index in [-0.39, 0.29) is 10.6 Å². The lowest BCUT2D eigenvalue weighted by Crippen LogP contribution is -2.27. The van der Waals surface area contributed by atoms with Crippen molar-refractivity contribution in [2.45, 2.75) is 6.42 Å². The van der Waals surface area contributed by atoms with Crippen molar-refractivity contribution < 1.29 is 14.6 Å². The minimum absolute atomic E-state index is 0.177. The minimum atomic E-state index is -0.990. The summed E-state index contributed by atoms with van der Waals surface area (Å²) in [6, 6.07) is 5.17. The van der Waals surface area contributed by atoms with Gasteiger partial charge >= 0.3 is 5.97 Å². The van der Waals surface area contributed by atoms with Gasteiger partial charge in [0.1, 0.15) is 5.56 Å². The van der Waals surface area contributed by atoms with E-state index in [0.29, 0.717) is 18.8 Å². The molecule has 5 heteroatoms. The third kappa shape index (κ3) is 2.70. The standard InChI is InChI=1S/C12H14ClNO3/c13-9-3-1-4-10(11(9)12(15)16)14-5-2-7-17-8-6-14/h1,3-4H,2,5-8H2,(H,15,16). The van der Waals surface area contributed by atoms with Crippen molar-refractivity contribution in [3.05, 3.63) is 28.8 Å². The molecule has 0 unspecified atom stereocenters. The Kier molecular flexibility index (Phi) is 3.86. The van der Waals surface area contributed by atoms with Crippen LogP contribution in [-0.4, -0.2) is 37.4 Å². The van der Waals surface area contributed by atoms with Crippen LogP contribution in [0.1, 0.15) is 16.8 Å². The predicted molar refractivity (Wildman–Crippen MR) is 66.1 cm³/mol. The average molecular weight is 256 g/mol. The number of hydrogen-bond acceptors (Lipinski definition) is 3. The SMILES string of the molecule is O=C(O)c1c(Cl)cccc1N1CCCOCC1. The van der Waals surface area contributed by atoms with Crippen molar-refractivity contribution in [1.82, 2.24) is 0 Å². The molecule has 0 bridgehead atoms. The zero-order valence-corrected chi connectivity index (χ0v) is 10.1. The first-order valence-corrected chi connectivity index (χ1v) is 5.92. The molecule has 1 aliphatic rings. The number of halogens is 1. The van der Waals surface area contributed by atoms with Crippen LogP contribution in [0.3, 0.4) is 0 Å². The number of anilines is 1. The number of aromatic carboxylic acids is 1. The molecular formula is C12H14ClNO3. The molecule has 1 aromatic rings. The maximum absolute atomic E-state index is 11.2. The number of carboxylic acid groups (broad SMARTS) is 1. The molecule has 1 heterocycles. The molecule has 0 spiro atoms. The molecule has 0 aromatic heterocycles. The Hall–Kier alpha value is -1.26. The molecule has 0 radical (unpaired) electrons. The second-order valence-corrected chi connectivity index (χ2v) is 4.30. The average Bonchev–Trinajstić information content (AvgIpc) is 2.56. The summed E-state index contributed by atoms with van der Waals surface area (Å²) in [6.07, 6.45) is 0.894. The third-order valence-corrected chi connectivity index (χ3v) is 3.08. The van der Waals surface area contributed by atoms with Crippen molar-refractivity contribution in [2.24, 2.45) is 0 Å². The molecule has 0 atom stereocenters. The number of hydrogen-bond donors (Lipinski definition) is 1. The van der Waals surface area contributed by atoms with Crippen molar-refractivity contribution in [3.63, 3.8) is 0 Å². The second-order valence-electron chi connectivity index (χ2n) is 3.89. The highest BCUT2D eigenvalue weighted by Crippen LogP contribution is 2.28. The number of nitrogens with zero attached hydrogens (tertiary/aromatic N) is 1. The quantitative estimate of drug-likeness (QED) is 0.881. The molecule has 4 nitrogen and oxygen atoms in total. The molecule has 92 valence electrons. The van der Waals surface area contributed by atoms with E-state index in [0.717, 1.165) is 19.6 Å². The fraction of sp³-hybridized carbons (Fsp3) is 0.417. The highest BCUT2D eigenvalue weighted by molar-refractivity contribution is 6.34. The first-order valence-electron chi connectivity index (χ1n) is 5.54. The van der Waals surface area contributed by atoms with E-state index in [4.69, 9.17) is 16.3 Å². The van der Waals surface area contributed by atoms with Crippen LogP contribution >= 0.6 is 11.6 Å². The second kappa shape index (κ2) is 5.38. The fourth-order valence-corrected chi connectivity index (χ4v) is 2.23. The smallest absolute Gasteiger partial charge is 0.339 e. The molecule has 17 heavy (non-hydrogen) atoms. The van der Waals surface area contributed by atoms with Crippen LogP contribution in [0.5, 0.6) is 0 Å². The van der Waals surface area contributed by atoms with Gasteiger partial charge in [-0.05, 0) is 18.6 Å². The summed E-state index contributed by atoms with van der Waals surface area (Å²) < 4.78 is 5.35. The van der Waals surface area contributed by atoms with Crippen LogP contribution in [-0.2, 0) is 4.74 Å². The third-order valence-electron chi connectivity index (χ3n) is 2.77. The summed E-state index contributed by atoms with van der Waals surface area (Å²) in [4.78, 5) is 13.2. The van der Waals surface area contributed by atoms with Crippen LogP contribution in [0.25, 0.3) is 0 Å². The van der Waals surface area contributed by atoms with Gasteiger partial charge in [-0.15, -0.1) is 0 Å². The van der Waals surface area contributed by atoms with Gasteiger partial charge in [-0.2, -0.15) is 0 Å². The highest BCUT2D eigenvalue weighted by atomic mass is 35.5. The van der Waals surface area contributed by atoms with E-state index in [1.54, 1.807) is 18.2 Å². The van der Waals surface area contributed by atoms with Crippen LogP contribution in [0, 0.1) is 0 Å². The monoisotopic (exact) mass is 255 g/mol. The van der Waals surface area contributed by atoms with Crippen LogP contribution in [0.15, 0.2) is 18.2 Å². The Morgan fingerprint density at radius 1 is 1.35 bits per heavy atom. The van der Waals surface area contributed by atoms with Crippen molar-refractivity contribution >= 4 is 23.3 Å². The summed E-state index contributed by atoms with van der Waals surface area (Å²) in [5.41, 5.74) is 0.853. The van der Waals surface area contributed by atoms with Gasteiger partial charge in [0.15, 0.2) is 0 Å². The lowest BCUT2D eigenvalue weighted by Gasteiger charge is -2.24. The molecule has 1 N–H and O–H groups in total. The van der Waals surface area contributed by atoms with Crippen LogP contribution in [0.4, 0.5) is 5.69 Å². The summed E-state index contributed by atoms with van der Waals surface area (Å²) in [5.74, 6) is -0.990. The van der Waals surface area contributed by atoms with Crippen molar-refractivity contribution in [1.29, 1.82) is 0 Å². The Labute approximate surface area is 105 Å². The number of rotatable bonds is 2. The number of carbonyl (C=O) groups is 1. The molecule has 1 fully saturated rings. The Bertz CT molecular complexity index is 414. The molecule has 1 aliphatic heterocycles. The van der Waals surface area contributed by atoms with E-state index in [1.165, 1.54) is 0 Å². The maximum Gasteiger partial charge on any atom is 0.339 e. The lowest BCUT2D eigenvalue weighted by molar-refractivity contribution is 0.0697. The topological polar surface area (TPSA) is 49.8 Å². The van der Waals surface area contributed by atoms with Crippen molar-refractivity contribution in [2.75, 3.05) is 31.2 Å². The van der Waals surface area contributed by atoms with Gasteiger partial charge in [0, 0.05) is 19.7 Å². The normalized spacial score (nSPS) is 16.6. The van der Waals surface area contributed by atoms with Gasteiger partial charge in [-0.3, -0.25) is 0 Å². The molecule has 2 rings (SSSR count). The van der Waals surface area contributed by atoms with E-state index < -0.39 is 5.97 Å². The van der Waals surface area contributed by atoms with E-state index in [1.807, 2.05) is 4.90 Å². The lowest BCUT2D eigenvalue weighted by atomic mass is 10.1. The van der Waals surface area contributed by atoms with Crippen molar-refractivity contribution in [3.8, 4) is 0 Å². The number of carboxylic acids is 1. The van der Waals surface area contributed by atoms with Gasteiger partial charge in [0.2, 0.25) is 0 Å². The minimum Gasteiger partial charge on any atom is -0.478 e.